The van der Waals surface area contributed by atoms with Gasteiger partial charge >= 0.3 is 0 Å². The van der Waals surface area contributed by atoms with Crippen molar-refractivity contribution in [1.29, 1.82) is 0 Å². The molecule has 0 aromatic carbocycles. The fraction of sp³-hybridized carbons (Fsp3) is 0.733. The fourth-order valence-corrected chi connectivity index (χ4v) is 3.40. The van der Waals surface area contributed by atoms with Gasteiger partial charge in [-0.2, -0.15) is 5.10 Å². The number of carbonyl (C=O) groups is 1. The lowest BCUT2D eigenvalue weighted by molar-refractivity contribution is 0.0668. The van der Waals surface area contributed by atoms with E-state index in [1.807, 2.05) is 11.8 Å². The molecule has 1 amide bonds. The Bertz CT molecular complexity index is 498. The van der Waals surface area contributed by atoms with Gasteiger partial charge in [0.2, 0.25) is 0 Å². The van der Waals surface area contributed by atoms with Gasteiger partial charge in [-0.15, -0.1) is 0 Å². The highest BCUT2D eigenvalue weighted by atomic mass is 16.2. The predicted octanol–water partition coefficient (Wildman–Crippen LogP) is 1.25. The zero-order valence-corrected chi connectivity index (χ0v) is 12.8. The number of nitrogen functional groups attached to an aromatic ring is 1. The zero-order chi connectivity index (χ0) is 14.8. The third kappa shape index (κ3) is 3.05. The van der Waals surface area contributed by atoms with Gasteiger partial charge in [0, 0.05) is 19.6 Å². The molecule has 3 heterocycles. The number of aryl methyl sites for hydroxylation is 1. The molecule has 6 nitrogen and oxygen atoms in total. The second-order valence-electron chi connectivity index (χ2n) is 6.35. The SMILES string of the molecule is Cc1[nH]nc(C(=O)N2CCC(CN3CCCC3)CC2)c1N. The summed E-state index contributed by atoms with van der Waals surface area (Å²) in [7, 11) is 0. The molecule has 1 aromatic heterocycles. The lowest BCUT2D eigenvalue weighted by Gasteiger charge is -2.33. The van der Waals surface area contributed by atoms with Crippen molar-refractivity contribution in [2.24, 2.45) is 5.92 Å². The number of anilines is 1. The number of rotatable bonds is 3. The summed E-state index contributed by atoms with van der Waals surface area (Å²) in [6, 6.07) is 0. The smallest absolute Gasteiger partial charge is 0.276 e. The number of nitrogens with zero attached hydrogens (tertiary/aromatic N) is 3. The molecule has 3 rings (SSSR count). The quantitative estimate of drug-likeness (QED) is 0.878. The second-order valence-corrected chi connectivity index (χ2v) is 6.35. The molecular weight excluding hydrogens is 266 g/mol. The molecule has 6 heteroatoms. The van der Waals surface area contributed by atoms with Gasteiger partial charge in [0.1, 0.15) is 0 Å². The summed E-state index contributed by atoms with van der Waals surface area (Å²) >= 11 is 0. The Kier molecular flexibility index (Phi) is 4.14. The van der Waals surface area contributed by atoms with Crippen molar-refractivity contribution in [3.8, 4) is 0 Å². The van der Waals surface area contributed by atoms with Crippen LogP contribution in [-0.2, 0) is 0 Å². The van der Waals surface area contributed by atoms with Gasteiger partial charge in [0.05, 0.1) is 11.4 Å². The van der Waals surface area contributed by atoms with Crippen molar-refractivity contribution in [3.63, 3.8) is 0 Å². The first-order chi connectivity index (χ1) is 10.1. The van der Waals surface area contributed by atoms with Crippen LogP contribution >= 0.6 is 0 Å². The highest BCUT2D eigenvalue weighted by Crippen LogP contribution is 2.23. The summed E-state index contributed by atoms with van der Waals surface area (Å²) < 4.78 is 0. The van der Waals surface area contributed by atoms with Crippen LogP contribution in [0.5, 0.6) is 0 Å². The number of aromatic nitrogens is 2. The maximum absolute atomic E-state index is 12.4. The van der Waals surface area contributed by atoms with Crippen LogP contribution in [0.1, 0.15) is 41.9 Å². The number of nitrogens with two attached hydrogens (primary N) is 1. The average molecular weight is 291 g/mol. The number of H-pyrrole nitrogens is 1. The van der Waals surface area contributed by atoms with Crippen LogP contribution in [0.3, 0.4) is 0 Å². The largest absolute Gasteiger partial charge is 0.395 e. The average Bonchev–Trinajstić information content (AvgIpc) is 3.11. The van der Waals surface area contributed by atoms with Crippen LogP contribution in [-0.4, -0.2) is 58.6 Å². The number of aromatic amines is 1. The molecule has 116 valence electrons. The van der Waals surface area contributed by atoms with Gasteiger partial charge < -0.3 is 15.5 Å². The summed E-state index contributed by atoms with van der Waals surface area (Å²) in [6.07, 6.45) is 4.86. The molecule has 2 aliphatic heterocycles. The minimum absolute atomic E-state index is 0.0310. The molecule has 2 fully saturated rings. The first-order valence-electron chi connectivity index (χ1n) is 7.97. The summed E-state index contributed by atoms with van der Waals surface area (Å²) in [4.78, 5) is 16.9. The van der Waals surface area contributed by atoms with Crippen molar-refractivity contribution in [2.45, 2.75) is 32.6 Å². The van der Waals surface area contributed by atoms with E-state index in [9.17, 15) is 4.79 Å². The topological polar surface area (TPSA) is 78.2 Å². The van der Waals surface area contributed by atoms with E-state index in [-0.39, 0.29) is 5.91 Å². The van der Waals surface area contributed by atoms with E-state index in [4.69, 9.17) is 5.73 Å². The molecule has 2 saturated heterocycles. The molecule has 2 aliphatic rings. The number of piperidine rings is 1. The zero-order valence-electron chi connectivity index (χ0n) is 12.8. The van der Waals surface area contributed by atoms with E-state index in [0.717, 1.165) is 37.5 Å². The maximum Gasteiger partial charge on any atom is 0.276 e. The van der Waals surface area contributed by atoms with E-state index in [1.165, 1.54) is 32.5 Å². The van der Waals surface area contributed by atoms with Gasteiger partial charge in [0.25, 0.3) is 5.91 Å². The number of hydrogen-bond donors (Lipinski definition) is 2. The van der Waals surface area contributed by atoms with E-state index < -0.39 is 0 Å². The monoisotopic (exact) mass is 291 g/mol. The minimum Gasteiger partial charge on any atom is -0.395 e. The third-order valence-corrected chi connectivity index (χ3v) is 4.81. The van der Waals surface area contributed by atoms with Gasteiger partial charge in [-0.1, -0.05) is 0 Å². The summed E-state index contributed by atoms with van der Waals surface area (Å²) in [5.41, 5.74) is 7.53. The molecule has 0 spiro atoms. The maximum atomic E-state index is 12.4. The van der Waals surface area contributed by atoms with Crippen LogP contribution in [0.15, 0.2) is 0 Å². The van der Waals surface area contributed by atoms with E-state index in [0.29, 0.717) is 11.4 Å². The molecule has 0 atom stereocenters. The Balaban J connectivity index is 1.53. The number of likely N-dealkylation sites (tertiary alicyclic amines) is 2. The Labute approximate surface area is 125 Å². The Morgan fingerprint density at radius 2 is 1.95 bits per heavy atom. The minimum atomic E-state index is -0.0310. The summed E-state index contributed by atoms with van der Waals surface area (Å²) in [5, 5.41) is 6.83. The van der Waals surface area contributed by atoms with Crippen LogP contribution in [0.4, 0.5) is 5.69 Å². The third-order valence-electron chi connectivity index (χ3n) is 4.81. The van der Waals surface area contributed by atoms with E-state index >= 15 is 0 Å². The number of carbonyl (C=O) groups excluding carboxylic acids is 1. The molecule has 21 heavy (non-hydrogen) atoms. The normalized spacial score (nSPS) is 21.1. The van der Waals surface area contributed by atoms with Crippen molar-refractivity contribution in [2.75, 3.05) is 38.5 Å². The van der Waals surface area contributed by atoms with Gasteiger partial charge in [-0.3, -0.25) is 9.89 Å². The molecular formula is C15H25N5O. The first kappa shape index (κ1) is 14.4. The molecule has 0 bridgehead atoms. The Morgan fingerprint density at radius 1 is 1.29 bits per heavy atom. The van der Waals surface area contributed by atoms with Crippen LogP contribution in [0.2, 0.25) is 0 Å². The molecule has 3 N–H and O–H groups in total. The van der Waals surface area contributed by atoms with E-state index in [1.54, 1.807) is 0 Å². The van der Waals surface area contributed by atoms with Crippen molar-refractivity contribution in [3.05, 3.63) is 11.4 Å². The number of hydrogen-bond acceptors (Lipinski definition) is 4. The molecule has 1 aromatic rings. The van der Waals surface area contributed by atoms with E-state index in [2.05, 4.69) is 15.1 Å². The lowest BCUT2D eigenvalue weighted by Crippen LogP contribution is -2.41. The van der Waals surface area contributed by atoms with Crippen LogP contribution in [0.25, 0.3) is 0 Å². The molecule has 0 unspecified atom stereocenters. The standard InChI is InChI=1S/C15H25N5O/c1-11-13(16)14(18-17-11)15(21)20-8-4-12(5-9-20)10-19-6-2-3-7-19/h12H,2-10,16H2,1H3,(H,17,18). The molecule has 0 radical (unpaired) electrons. The summed E-state index contributed by atoms with van der Waals surface area (Å²) in [5.74, 6) is 0.696. The number of nitrogens with one attached hydrogen (secondary N) is 1. The van der Waals surface area contributed by atoms with Crippen molar-refractivity contribution >= 4 is 11.6 Å². The van der Waals surface area contributed by atoms with Gasteiger partial charge in [-0.25, -0.2) is 0 Å². The molecule has 0 aliphatic carbocycles. The fourth-order valence-electron chi connectivity index (χ4n) is 3.40. The number of amides is 1. The highest BCUT2D eigenvalue weighted by Gasteiger charge is 2.28. The summed E-state index contributed by atoms with van der Waals surface area (Å²) in [6.45, 7) is 7.18. The van der Waals surface area contributed by atoms with Crippen molar-refractivity contribution < 1.29 is 4.79 Å². The van der Waals surface area contributed by atoms with Gasteiger partial charge in [0.15, 0.2) is 5.69 Å². The highest BCUT2D eigenvalue weighted by molar-refractivity contribution is 5.97. The lowest BCUT2D eigenvalue weighted by atomic mass is 9.96. The Morgan fingerprint density at radius 3 is 2.52 bits per heavy atom. The Hall–Kier alpha value is -1.56. The first-order valence-corrected chi connectivity index (χ1v) is 7.97. The predicted molar refractivity (Wildman–Crippen MR) is 82.0 cm³/mol. The second kappa shape index (κ2) is 6.05. The van der Waals surface area contributed by atoms with Crippen LogP contribution < -0.4 is 5.73 Å². The molecule has 0 saturated carbocycles. The van der Waals surface area contributed by atoms with Crippen LogP contribution in [0, 0.1) is 12.8 Å². The van der Waals surface area contributed by atoms with Crippen molar-refractivity contribution in [1.82, 2.24) is 20.0 Å². The van der Waals surface area contributed by atoms with Gasteiger partial charge in [-0.05, 0) is 51.6 Å².